The summed E-state index contributed by atoms with van der Waals surface area (Å²) >= 11 is 12.6. The third-order valence-corrected chi connectivity index (χ3v) is 8.96. The van der Waals surface area contributed by atoms with E-state index in [-0.39, 0.29) is 23.9 Å². The maximum Gasteiger partial charge on any atom is 0.416 e. The van der Waals surface area contributed by atoms with Gasteiger partial charge in [-0.05, 0) is 67.3 Å². The zero-order valence-electron chi connectivity index (χ0n) is 25.3. The van der Waals surface area contributed by atoms with Crippen molar-refractivity contribution in [2.45, 2.75) is 44.9 Å². The van der Waals surface area contributed by atoms with Crippen molar-refractivity contribution in [1.82, 2.24) is 20.4 Å². The molecular weight excluding hydrogens is 616 g/mol. The van der Waals surface area contributed by atoms with Crippen LogP contribution in [0.1, 0.15) is 43.0 Å². The van der Waals surface area contributed by atoms with E-state index >= 15 is 0 Å². The van der Waals surface area contributed by atoms with Crippen molar-refractivity contribution in [3.8, 4) is 0 Å². The number of hydrogen-bond donors (Lipinski definition) is 3. The van der Waals surface area contributed by atoms with Gasteiger partial charge in [0, 0.05) is 67.6 Å². The van der Waals surface area contributed by atoms with E-state index in [1.54, 1.807) is 35.0 Å². The summed E-state index contributed by atoms with van der Waals surface area (Å²) in [4.78, 5) is 32.4. The van der Waals surface area contributed by atoms with Gasteiger partial charge in [-0.15, -0.1) is 0 Å². The maximum absolute atomic E-state index is 14.2. The van der Waals surface area contributed by atoms with E-state index in [1.165, 1.54) is 6.07 Å². The van der Waals surface area contributed by atoms with Crippen LogP contribution < -0.4 is 21.3 Å². The van der Waals surface area contributed by atoms with E-state index < -0.39 is 23.7 Å². The molecule has 0 bridgehead atoms. The van der Waals surface area contributed by atoms with Crippen LogP contribution in [0.2, 0.25) is 10.0 Å². The van der Waals surface area contributed by atoms with Crippen LogP contribution in [-0.4, -0.2) is 80.6 Å². The molecule has 0 aliphatic carbocycles. The molecule has 4 N–H and O–H groups in total. The molecular formula is C31H41Cl2F3N6O2. The first kappa shape index (κ1) is 34.1. The van der Waals surface area contributed by atoms with E-state index in [9.17, 15) is 22.8 Å². The number of nitrogens with one attached hydrogen (secondary N) is 2. The molecule has 8 nitrogen and oxygen atoms in total. The van der Waals surface area contributed by atoms with E-state index in [4.69, 9.17) is 28.9 Å². The molecule has 2 aromatic rings. The summed E-state index contributed by atoms with van der Waals surface area (Å²) in [5.74, 6) is -0.467. The number of rotatable bonds is 11. The lowest BCUT2D eigenvalue weighted by Crippen LogP contribution is -2.54. The lowest BCUT2D eigenvalue weighted by Gasteiger charge is -2.40. The average molecular weight is 658 g/mol. The van der Waals surface area contributed by atoms with Gasteiger partial charge >= 0.3 is 12.2 Å². The van der Waals surface area contributed by atoms with E-state index in [2.05, 4.69) is 10.6 Å². The number of amides is 3. The molecule has 242 valence electrons. The predicted octanol–water partition coefficient (Wildman–Crippen LogP) is 5.18. The Bertz CT molecular complexity index is 1320. The highest BCUT2D eigenvalue weighted by molar-refractivity contribution is 6.35. The monoisotopic (exact) mass is 656 g/mol. The third-order valence-electron chi connectivity index (χ3n) is 8.37. The molecule has 2 aromatic carbocycles. The van der Waals surface area contributed by atoms with Gasteiger partial charge in [-0.1, -0.05) is 43.1 Å². The van der Waals surface area contributed by atoms with Crippen molar-refractivity contribution in [3.05, 3.63) is 63.1 Å². The molecule has 0 saturated carbocycles. The number of carbonyl (C=O) groups excluding carboxylic acids is 2. The Labute approximate surface area is 267 Å². The molecule has 0 spiro atoms. The summed E-state index contributed by atoms with van der Waals surface area (Å²) < 4.78 is 40.8. The van der Waals surface area contributed by atoms with Crippen LogP contribution in [0.5, 0.6) is 0 Å². The minimum Gasteiger partial charge on any atom is -0.368 e. The number of likely N-dealkylation sites (N-methyl/N-ethyl adjacent to an activating group) is 1. The fourth-order valence-corrected chi connectivity index (χ4v) is 6.56. The van der Waals surface area contributed by atoms with Crippen molar-refractivity contribution in [2.24, 2.45) is 17.6 Å². The van der Waals surface area contributed by atoms with Crippen LogP contribution in [0.25, 0.3) is 0 Å². The first-order chi connectivity index (χ1) is 20.8. The maximum atomic E-state index is 14.2. The van der Waals surface area contributed by atoms with Gasteiger partial charge in [0.2, 0.25) is 5.91 Å². The van der Waals surface area contributed by atoms with Crippen molar-refractivity contribution < 1.29 is 22.8 Å². The second-order valence-electron chi connectivity index (χ2n) is 11.9. The molecule has 2 aliphatic heterocycles. The Morgan fingerprint density at radius 1 is 1.11 bits per heavy atom. The number of nitrogens with zero attached hydrogens (tertiary/aromatic N) is 3. The number of urea groups is 1. The minimum absolute atomic E-state index is 0.101. The zero-order valence-corrected chi connectivity index (χ0v) is 26.8. The Hall–Kier alpha value is -2.73. The Morgan fingerprint density at radius 2 is 1.82 bits per heavy atom. The largest absolute Gasteiger partial charge is 0.416 e. The lowest BCUT2D eigenvalue weighted by atomic mass is 9.89. The first-order valence-electron chi connectivity index (χ1n) is 14.9. The topological polar surface area (TPSA) is 93.9 Å². The number of alkyl halides is 3. The molecule has 4 rings (SSSR count). The van der Waals surface area contributed by atoms with Gasteiger partial charge < -0.3 is 31.1 Å². The van der Waals surface area contributed by atoms with Gasteiger partial charge in [-0.2, -0.15) is 13.2 Å². The predicted molar refractivity (Wildman–Crippen MR) is 168 cm³/mol. The molecule has 2 heterocycles. The fraction of sp³-hybridized carbons (Fsp3) is 0.548. The number of halogens is 5. The number of carbonyl (C=O) groups is 2. The van der Waals surface area contributed by atoms with Gasteiger partial charge in [-0.25, -0.2) is 4.79 Å². The van der Waals surface area contributed by atoms with Crippen LogP contribution in [0.15, 0.2) is 36.4 Å². The Morgan fingerprint density at radius 3 is 2.43 bits per heavy atom. The van der Waals surface area contributed by atoms with Crippen molar-refractivity contribution in [2.75, 3.05) is 57.8 Å². The van der Waals surface area contributed by atoms with E-state index in [0.717, 1.165) is 17.7 Å². The van der Waals surface area contributed by atoms with Crippen molar-refractivity contribution in [1.29, 1.82) is 0 Å². The molecule has 2 aliphatic rings. The number of hydrogen-bond acceptors (Lipinski definition) is 5. The summed E-state index contributed by atoms with van der Waals surface area (Å²) in [5, 5.41) is 6.88. The summed E-state index contributed by atoms with van der Waals surface area (Å²) in [6.45, 7) is 6.90. The van der Waals surface area contributed by atoms with Crippen molar-refractivity contribution >= 4 is 40.8 Å². The average Bonchev–Trinajstić information content (AvgIpc) is 3.33. The normalized spacial score (nSPS) is 19.0. The molecule has 44 heavy (non-hydrogen) atoms. The summed E-state index contributed by atoms with van der Waals surface area (Å²) in [7, 11) is 1.80. The standard InChI is InChI=1S/C31H41Cl2F3N6O2/c1-19(2)14-26(37)23-16-21(31(34,35)36)5-7-27(23)40-10-12-41(13-11-40)29(43)24(15-20-4-6-22(32)17-25(20)33)28-18-39-30(44)42(28)9-8-38-3/h4-7,16-17,19,24,26,28,38H,8-15,18,37H2,1-3H3,(H,39,44). The fourth-order valence-electron chi connectivity index (χ4n) is 6.08. The van der Waals surface area contributed by atoms with E-state index in [0.29, 0.717) is 80.0 Å². The number of piperazine rings is 1. The highest BCUT2D eigenvalue weighted by Gasteiger charge is 2.42. The van der Waals surface area contributed by atoms with Crippen LogP contribution in [-0.2, 0) is 17.4 Å². The van der Waals surface area contributed by atoms with Crippen molar-refractivity contribution in [3.63, 3.8) is 0 Å². The molecule has 13 heteroatoms. The second-order valence-corrected chi connectivity index (χ2v) is 12.8. The van der Waals surface area contributed by atoms with Gasteiger partial charge in [0.25, 0.3) is 0 Å². The van der Waals surface area contributed by atoms with Gasteiger partial charge in [-0.3, -0.25) is 4.79 Å². The molecule has 2 fully saturated rings. The SMILES string of the molecule is CNCCN1C(=O)NCC1C(Cc1ccc(Cl)cc1Cl)C(=O)N1CCN(c2ccc(C(F)(F)F)cc2C(N)CC(C)C)CC1. The summed E-state index contributed by atoms with van der Waals surface area (Å²) in [5.41, 5.74) is 7.58. The number of nitrogens with two attached hydrogens (primary N) is 1. The summed E-state index contributed by atoms with van der Waals surface area (Å²) in [6, 6.07) is 7.76. The molecule has 3 amide bonds. The van der Waals surface area contributed by atoms with Gasteiger partial charge in [0.05, 0.1) is 17.5 Å². The summed E-state index contributed by atoms with van der Waals surface area (Å²) in [6.07, 6.45) is -3.62. The van der Waals surface area contributed by atoms with Crippen LogP contribution >= 0.6 is 23.2 Å². The van der Waals surface area contributed by atoms with Crippen LogP contribution in [0.4, 0.5) is 23.7 Å². The smallest absolute Gasteiger partial charge is 0.368 e. The molecule has 3 unspecified atom stereocenters. The van der Waals surface area contributed by atoms with Gasteiger partial charge in [0.15, 0.2) is 0 Å². The molecule has 2 saturated heterocycles. The lowest BCUT2D eigenvalue weighted by molar-refractivity contribution is -0.138. The molecule has 0 radical (unpaired) electrons. The number of benzene rings is 2. The minimum atomic E-state index is -4.48. The second kappa shape index (κ2) is 14.6. The number of anilines is 1. The van der Waals surface area contributed by atoms with Crippen LogP contribution in [0, 0.1) is 11.8 Å². The molecule has 0 aromatic heterocycles. The Kier molecular flexibility index (Phi) is 11.3. The molecule has 3 atom stereocenters. The Balaban J connectivity index is 1.56. The highest BCUT2D eigenvalue weighted by atomic mass is 35.5. The van der Waals surface area contributed by atoms with E-state index in [1.807, 2.05) is 18.7 Å². The first-order valence-corrected chi connectivity index (χ1v) is 15.7. The van der Waals surface area contributed by atoms with Gasteiger partial charge in [0.1, 0.15) is 0 Å². The quantitative estimate of drug-likeness (QED) is 0.310. The third kappa shape index (κ3) is 8.10. The zero-order chi connectivity index (χ0) is 32.2. The van der Waals surface area contributed by atoms with Crippen LogP contribution in [0.3, 0.4) is 0 Å². The highest BCUT2D eigenvalue weighted by Crippen LogP contribution is 2.37.